The molecule has 0 radical (unpaired) electrons. The van der Waals surface area contributed by atoms with Crippen LogP contribution in [-0.4, -0.2) is 69.6 Å². The monoisotopic (exact) mass is 680 g/mol. The fourth-order valence-corrected chi connectivity index (χ4v) is 5.85. The van der Waals surface area contributed by atoms with Gasteiger partial charge in [0.05, 0.1) is 11.9 Å². The molecule has 2 aliphatic rings. The van der Waals surface area contributed by atoms with Crippen molar-refractivity contribution in [3.8, 4) is 22.8 Å². The molecular weight excluding hydrogens is 646 g/mol. The van der Waals surface area contributed by atoms with Gasteiger partial charge in [-0.1, -0.05) is 12.8 Å². The second kappa shape index (κ2) is 15.0. The van der Waals surface area contributed by atoms with Crippen LogP contribution in [-0.2, 0) is 4.79 Å². The van der Waals surface area contributed by atoms with E-state index in [-0.39, 0.29) is 17.8 Å². The number of carbonyl (C=O) groups is 1. The molecule has 0 spiro atoms. The Morgan fingerprint density at radius 2 is 1.58 bits per heavy atom. The first-order chi connectivity index (χ1) is 22.8. The number of halogens is 6. The number of benzene rings is 2. The highest BCUT2D eigenvalue weighted by molar-refractivity contribution is 5.73. The van der Waals surface area contributed by atoms with Gasteiger partial charge in [0, 0.05) is 54.9 Å². The highest BCUT2D eigenvalue weighted by Gasteiger charge is 2.38. The average molecular weight is 681 g/mol. The molecule has 3 atom stereocenters. The van der Waals surface area contributed by atoms with Crippen molar-refractivity contribution in [3.05, 3.63) is 73.2 Å². The number of hydrogen-bond donors (Lipinski definition) is 3. The summed E-state index contributed by atoms with van der Waals surface area (Å²) in [7, 11) is 0. The van der Waals surface area contributed by atoms with Crippen molar-refractivity contribution in [3.63, 3.8) is 0 Å². The molecule has 0 unspecified atom stereocenters. The number of rotatable bonds is 8. The second-order valence-corrected chi connectivity index (χ2v) is 11.5. The van der Waals surface area contributed by atoms with E-state index >= 15 is 0 Å². The first-order valence-corrected chi connectivity index (χ1v) is 15.3. The van der Waals surface area contributed by atoms with Crippen LogP contribution in [0.5, 0.6) is 5.75 Å². The lowest BCUT2D eigenvalue weighted by Gasteiger charge is -2.40. The number of oxazole rings is 1. The number of piperidine rings is 1. The third-order valence-corrected chi connectivity index (χ3v) is 8.05. The van der Waals surface area contributed by atoms with E-state index in [1.807, 2.05) is 16.9 Å². The molecule has 10 nitrogen and oxygen atoms in total. The van der Waals surface area contributed by atoms with Crippen molar-refractivity contribution in [2.75, 3.05) is 23.3 Å². The number of alkyl halides is 6. The van der Waals surface area contributed by atoms with Crippen LogP contribution >= 0.6 is 0 Å². The molecule has 6 rings (SSSR count). The van der Waals surface area contributed by atoms with Crippen molar-refractivity contribution >= 4 is 17.7 Å². The molecule has 16 heteroatoms. The van der Waals surface area contributed by atoms with E-state index < -0.39 is 18.5 Å². The lowest BCUT2D eigenvalue weighted by Crippen LogP contribution is -2.54. The van der Waals surface area contributed by atoms with Gasteiger partial charge < -0.3 is 29.8 Å². The Morgan fingerprint density at radius 3 is 2.21 bits per heavy atom. The summed E-state index contributed by atoms with van der Waals surface area (Å²) in [4.78, 5) is 15.7. The Bertz CT molecular complexity index is 1590. The van der Waals surface area contributed by atoms with Gasteiger partial charge in [0.1, 0.15) is 5.75 Å². The fraction of sp³-hybridized carbons (Fsp3) is 0.406. The van der Waals surface area contributed by atoms with Gasteiger partial charge in [0.2, 0.25) is 0 Å². The normalized spacial score (nSPS) is 20.0. The lowest BCUT2D eigenvalue weighted by molar-refractivity contribution is -0.274. The summed E-state index contributed by atoms with van der Waals surface area (Å²) in [5.74, 6) is -2.55. The molecular formula is C32H34F6N6O4. The molecule has 1 saturated heterocycles. The Balaban J connectivity index is 0.000000582. The number of ether oxygens (including phenoxy) is 1. The molecule has 2 aromatic carbocycles. The summed E-state index contributed by atoms with van der Waals surface area (Å²) >= 11 is 0. The van der Waals surface area contributed by atoms with E-state index in [1.165, 1.54) is 36.4 Å². The van der Waals surface area contributed by atoms with E-state index in [4.69, 9.17) is 14.3 Å². The van der Waals surface area contributed by atoms with Gasteiger partial charge in [0.15, 0.2) is 5.76 Å². The Kier molecular flexibility index (Phi) is 10.8. The van der Waals surface area contributed by atoms with E-state index in [0.717, 1.165) is 50.9 Å². The SMILES string of the molecule is FC(F)(F)Oc1ccc(-c2cnc(N[C@@H]3CCCC[C@H]3N[C@H]3CCCN(c4ccc(-n5cccn5)cc4)C3)o2)cc1.O=C(O)C(F)(F)F. The average Bonchev–Trinajstić information content (AvgIpc) is 3.75. The summed E-state index contributed by atoms with van der Waals surface area (Å²) in [6.45, 7) is 1.98. The number of nitrogens with one attached hydrogen (secondary N) is 2. The summed E-state index contributed by atoms with van der Waals surface area (Å²) in [6, 6.07) is 17.3. The largest absolute Gasteiger partial charge is 0.573 e. The lowest BCUT2D eigenvalue weighted by atomic mass is 9.89. The van der Waals surface area contributed by atoms with Crippen LogP contribution < -0.4 is 20.3 Å². The van der Waals surface area contributed by atoms with Crippen molar-refractivity contribution in [2.24, 2.45) is 0 Å². The predicted octanol–water partition coefficient (Wildman–Crippen LogP) is 7.04. The Labute approximate surface area is 271 Å². The zero-order valence-electron chi connectivity index (χ0n) is 25.5. The van der Waals surface area contributed by atoms with Gasteiger partial charge in [-0.3, -0.25) is 0 Å². The van der Waals surface area contributed by atoms with E-state index in [2.05, 4.69) is 54.6 Å². The highest BCUT2D eigenvalue weighted by atomic mass is 19.4. The maximum Gasteiger partial charge on any atom is 0.573 e. The quantitative estimate of drug-likeness (QED) is 0.169. The van der Waals surface area contributed by atoms with Crippen LogP contribution in [0.2, 0.25) is 0 Å². The molecule has 1 aliphatic heterocycles. The molecule has 48 heavy (non-hydrogen) atoms. The zero-order chi connectivity index (χ0) is 34.3. The Hall–Kier alpha value is -4.73. The minimum atomic E-state index is -5.08. The topological polar surface area (TPSA) is 118 Å². The number of nitrogens with zero attached hydrogens (tertiary/aromatic N) is 4. The number of aliphatic carboxylic acids is 1. The fourth-order valence-electron chi connectivity index (χ4n) is 5.85. The van der Waals surface area contributed by atoms with Crippen LogP contribution in [0.25, 0.3) is 17.0 Å². The van der Waals surface area contributed by atoms with Crippen molar-refractivity contribution in [2.45, 2.75) is 69.2 Å². The number of hydrogen-bond acceptors (Lipinski definition) is 8. The maximum atomic E-state index is 12.5. The smallest absolute Gasteiger partial charge is 0.475 e. The Morgan fingerprint density at radius 1 is 0.917 bits per heavy atom. The minimum absolute atomic E-state index is 0.168. The summed E-state index contributed by atoms with van der Waals surface area (Å²) < 4.78 is 80.9. The predicted molar refractivity (Wildman–Crippen MR) is 164 cm³/mol. The molecule has 2 aromatic heterocycles. The van der Waals surface area contributed by atoms with Crippen molar-refractivity contribution < 1.29 is 45.4 Å². The van der Waals surface area contributed by atoms with Crippen LogP contribution in [0, 0.1) is 0 Å². The van der Waals surface area contributed by atoms with Gasteiger partial charge >= 0.3 is 18.5 Å². The van der Waals surface area contributed by atoms with Crippen LogP contribution in [0.4, 0.5) is 38.0 Å². The zero-order valence-corrected chi connectivity index (χ0v) is 25.5. The van der Waals surface area contributed by atoms with Gasteiger partial charge in [-0.05, 0) is 80.3 Å². The van der Waals surface area contributed by atoms with E-state index in [9.17, 15) is 26.3 Å². The number of anilines is 2. The molecule has 258 valence electrons. The number of carboxylic acids is 1. The molecule has 0 bridgehead atoms. The molecule has 2 fully saturated rings. The minimum Gasteiger partial charge on any atom is -0.475 e. The van der Waals surface area contributed by atoms with Gasteiger partial charge in [-0.25, -0.2) is 14.5 Å². The summed E-state index contributed by atoms with van der Waals surface area (Å²) in [5, 5.41) is 18.8. The molecule has 4 aromatic rings. The van der Waals surface area contributed by atoms with Crippen LogP contribution in [0.3, 0.4) is 0 Å². The van der Waals surface area contributed by atoms with Gasteiger partial charge in [0.25, 0.3) is 6.01 Å². The highest BCUT2D eigenvalue weighted by Crippen LogP contribution is 2.30. The van der Waals surface area contributed by atoms with E-state index in [0.29, 0.717) is 23.4 Å². The standard InChI is InChI=1S/C30H33F3N6O2.C2HF3O2/c31-30(32,33)41-25-14-8-21(9-15-25)28-19-34-29(40-28)37-27-7-2-1-6-26(27)36-22-5-3-17-38(20-22)23-10-12-24(13-11-23)39-18-4-16-35-39;3-2(4,5)1(6)7/h4,8-16,18-19,22,26-27,36H,1-3,5-7,17,20H2,(H,34,37);(H,6,7)/t22-,26+,27+;/m0./s1. The molecule has 0 amide bonds. The number of carboxylic acid groups (broad SMARTS) is 1. The molecule has 1 saturated carbocycles. The third-order valence-electron chi connectivity index (χ3n) is 8.05. The third kappa shape index (κ3) is 9.65. The number of aromatic nitrogens is 3. The summed E-state index contributed by atoms with van der Waals surface area (Å²) in [5.41, 5.74) is 2.89. The van der Waals surface area contributed by atoms with Crippen molar-refractivity contribution in [1.29, 1.82) is 0 Å². The van der Waals surface area contributed by atoms with Gasteiger partial charge in [-0.2, -0.15) is 18.3 Å². The maximum absolute atomic E-state index is 12.5. The van der Waals surface area contributed by atoms with Crippen molar-refractivity contribution in [1.82, 2.24) is 20.1 Å². The van der Waals surface area contributed by atoms with Crippen LogP contribution in [0.1, 0.15) is 38.5 Å². The molecule has 1 aliphatic carbocycles. The molecule has 3 N–H and O–H groups in total. The van der Waals surface area contributed by atoms with Crippen LogP contribution in [0.15, 0.2) is 77.6 Å². The van der Waals surface area contributed by atoms with Gasteiger partial charge in [-0.15, -0.1) is 13.2 Å². The van der Waals surface area contributed by atoms with E-state index in [1.54, 1.807) is 12.4 Å². The molecule has 3 heterocycles. The first-order valence-electron chi connectivity index (χ1n) is 15.3. The first kappa shape index (κ1) is 34.6. The second-order valence-electron chi connectivity index (χ2n) is 11.5. The summed E-state index contributed by atoms with van der Waals surface area (Å²) in [6.07, 6.45) is 2.13.